The van der Waals surface area contributed by atoms with Crippen LogP contribution in [0.15, 0.2) is 30.3 Å². The predicted molar refractivity (Wildman–Crippen MR) is 56.8 cm³/mol. The molecular formula is C12H13NO. The molecule has 1 heterocycles. The Hall–Kier alpha value is -1.44. The molecule has 1 aromatic carbocycles. The normalized spacial score (nSPS) is 16.1. The van der Waals surface area contributed by atoms with E-state index in [0.717, 1.165) is 5.88 Å². The Kier molecular flexibility index (Phi) is 1.57. The summed E-state index contributed by atoms with van der Waals surface area (Å²) < 4.78 is 7.71. The van der Waals surface area contributed by atoms with Crippen LogP contribution in [0.4, 0.5) is 0 Å². The van der Waals surface area contributed by atoms with Gasteiger partial charge in [-0.1, -0.05) is 18.2 Å². The van der Waals surface area contributed by atoms with Crippen molar-refractivity contribution in [2.24, 2.45) is 0 Å². The van der Waals surface area contributed by atoms with E-state index in [2.05, 4.69) is 34.9 Å². The molecule has 14 heavy (non-hydrogen) atoms. The smallest absolute Gasteiger partial charge is 0.194 e. The molecule has 0 radical (unpaired) electrons. The molecule has 0 N–H and O–H groups in total. The highest BCUT2D eigenvalue weighted by molar-refractivity contribution is 5.82. The van der Waals surface area contributed by atoms with Crippen molar-refractivity contribution >= 4 is 10.9 Å². The molecule has 2 nitrogen and oxygen atoms in total. The van der Waals surface area contributed by atoms with Crippen molar-refractivity contribution in [3.63, 3.8) is 0 Å². The van der Waals surface area contributed by atoms with Crippen molar-refractivity contribution in [2.45, 2.75) is 18.9 Å². The van der Waals surface area contributed by atoms with Crippen molar-refractivity contribution in [1.29, 1.82) is 0 Å². The predicted octanol–water partition coefficient (Wildman–Crippen LogP) is 2.98. The lowest BCUT2D eigenvalue weighted by Gasteiger charge is -2.06. The molecular weight excluding hydrogens is 174 g/mol. The Morgan fingerprint density at radius 2 is 2.07 bits per heavy atom. The number of para-hydroxylation sites is 1. The van der Waals surface area contributed by atoms with E-state index < -0.39 is 0 Å². The van der Waals surface area contributed by atoms with Gasteiger partial charge in [0, 0.05) is 17.5 Å². The minimum Gasteiger partial charge on any atom is -0.482 e. The first-order valence-electron chi connectivity index (χ1n) is 5.04. The average Bonchev–Trinajstić information content (AvgIpc) is 2.98. The van der Waals surface area contributed by atoms with Gasteiger partial charge in [0.2, 0.25) is 0 Å². The van der Waals surface area contributed by atoms with E-state index in [1.54, 1.807) is 7.11 Å². The van der Waals surface area contributed by atoms with E-state index in [-0.39, 0.29) is 0 Å². The van der Waals surface area contributed by atoms with E-state index in [0.29, 0.717) is 6.04 Å². The number of benzene rings is 1. The molecule has 1 aliphatic carbocycles. The van der Waals surface area contributed by atoms with Gasteiger partial charge in [0.1, 0.15) is 0 Å². The number of rotatable bonds is 2. The van der Waals surface area contributed by atoms with Crippen molar-refractivity contribution in [2.75, 3.05) is 7.11 Å². The zero-order valence-corrected chi connectivity index (χ0v) is 8.23. The second-order valence-electron chi connectivity index (χ2n) is 3.85. The van der Waals surface area contributed by atoms with Gasteiger partial charge in [0.15, 0.2) is 5.88 Å². The third-order valence-corrected chi connectivity index (χ3v) is 2.83. The fourth-order valence-corrected chi connectivity index (χ4v) is 2.02. The molecule has 1 saturated carbocycles. The van der Waals surface area contributed by atoms with Crippen LogP contribution in [0.2, 0.25) is 0 Å². The summed E-state index contributed by atoms with van der Waals surface area (Å²) in [7, 11) is 1.74. The van der Waals surface area contributed by atoms with Gasteiger partial charge in [0.25, 0.3) is 0 Å². The fourth-order valence-electron chi connectivity index (χ4n) is 2.02. The van der Waals surface area contributed by atoms with E-state index in [1.807, 2.05) is 0 Å². The monoisotopic (exact) mass is 187 g/mol. The number of nitrogens with zero attached hydrogens (tertiary/aromatic N) is 1. The van der Waals surface area contributed by atoms with Crippen LogP contribution in [0.5, 0.6) is 5.88 Å². The lowest BCUT2D eigenvalue weighted by molar-refractivity contribution is 0.376. The molecule has 0 amide bonds. The largest absolute Gasteiger partial charge is 0.482 e. The highest BCUT2D eigenvalue weighted by Crippen LogP contribution is 2.41. The molecule has 0 atom stereocenters. The van der Waals surface area contributed by atoms with Crippen LogP contribution in [-0.4, -0.2) is 11.7 Å². The number of hydrogen-bond acceptors (Lipinski definition) is 1. The van der Waals surface area contributed by atoms with Crippen LogP contribution in [0, 0.1) is 0 Å². The van der Waals surface area contributed by atoms with Gasteiger partial charge in [-0.3, -0.25) is 0 Å². The molecule has 0 bridgehead atoms. The maximum Gasteiger partial charge on any atom is 0.194 e. The molecule has 2 aromatic rings. The summed E-state index contributed by atoms with van der Waals surface area (Å²) in [4.78, 5) is 0. The average molecular weight is 187 g/mol. The highest BCUT2D eigenvalue weighted by Gasteiger charge is 2.27. The first kappa shape index (κ1) is 7.92. The molecule has 3 rings (SSSR count). The van der Waals surface area contributed by atoms with Crippen molar-refractivity contribution in [3.05, 3.63) is 30.3 Å². The van der Waals surface area contributed by atoms with E-state index in [4.69, 9.17) is 4.74 Å². The van der Waals surface area contributed by atoms with Crippen LogP contribution in [0.1, 0.15) is 18.9 Å². The number of ether oxygens (including phenoxy) is 1. The third-order valence-electron chi connectivity index (χ3n) is 2.83. The Balaban J connectivity index is 2.29. The minimum absolute atomic E-state index is 0.671. The standard InChI is InChI=1S/C12H13NO/c1-14-12-8-9-4-2-3-5-11(9)13(12)10-6-7-10/h2-5,8,10H,6-7H2,1H3. The van der Waals surface area contributed by atoms with Gasteiger partial charge >= 0.3 is 0 Å². The lowest BCUT2D eigenvalue weighted by Crippen LogP contribution is -1.96. The fraction of sp³-hybridized carbons (Fsp3) is 0.333. The highest BCUT2D eigenvalue weighted by atomic mass is 16.5. The number of hydrogen-bond donors (Lipinski definition) is 0. The molecule has 0 aliphatic heterocycles. The Labute approximate surface area is 83.1 Å². The molecule has 1 aromatic heterocycles. The van der Waals surface area contributed by atoms with E-state index in [1.165, 1.54) is 23.7 Å². The summed E-state index contributed by atoms with van der Waals surface area (Å²) >= 11 is 0. The molecule has 1 fully saturated rings. The maximum absolute atomic E-state index is 5.39. The van der Waals surface area contributed by atoms with Crippen LogP contribution >= 0.6 is 0 Å². The van der Waals surface area contributed by atoms with Crippen LogP contribution < -0.4 is 4.74 Å². The van der Waals surface area contributed by atoms with Crippen molar-refractivity contribution in [1.82, 2.24) is 4.57 Å². The van der Waals surface area contributed by atoms with Crippen molar-refractivity contribution in [3.8, 4) is 5.88 Å². The summed E-state index contributed by atoms with van der Waals surface area (Å²) in [5.41, 5.74) is 1.30. The second-order valence-corrected chi connectivity index (χ2v) is 3.85. The van der Waals surface area contributed by atoms with Gasteiger partial charge in [-0.25, -0.2) is 0 Å². The zero-order valence-electron chi connectivity index (χ0n) is 8.23. The molecule has 1 aliphatic rings. The summed E-state index contributed by atoms with van der Waals surface area (Å²) in [5.74, 6) is 0.994. The SMILES string of the molecule is COc1cc2ccccc2n1C1CC1. The first-order valence-corrected chi connectivity index (χ1v) is 5.04. The van der Waals surface area contributed by atoms with Gasteiger partial charge in [-0.15, -0.1) is 0 Å². The van der Waals surface area contributed by atoms with Gasteiger partial charge in [-0.05, 0) is 18.9 Å². The summed E-state index contributed by atoms with van der Waals surface area (Å²) in [6.07, 6.45) is 2.57. The minimum atomic E-state index is 0.671. The summed E-state index contributed by atoms with van der Waals surface area (Å²) in [6, 6.07) is 11.2. The Morgan fingerprint density at radius 1 is 1.29 bits per heavy atom. The third kappa shape index (κ3) is 1.03. The topological polar surface area (TPSA) is 14.2 Å². The number of methoxy groups -OCH3 is 1. The summed E-state index contributed by atoms with van der Waals surface area (Å²) in [5, 5.41) is 1.27. The summed E-state index contributed by atoms with van der Waals surface area (Å²) in [6.45, 7) is 0. The van der Waals surface area contributed by atoms with Crippen molar-refractivity contribution < 1.29 is 4.74 Å². The quantitative estimate of drug-likeness (QED) is 0.705. The number of fused-ring (bicyclic) bond motifs is 1. The van der Waals surface area contributed by atoms with Gasteiger partial charge < -0.3 is 9.30 Å². The van der Waals surface area contributed by atoms with Crippen LogP contribution in [-0.2, 0) is 0 Å². The Bertz CT molecular complexity index is 468. The molecule has 0 spiro atoms. The number of aromatic nitrogens is 1. The molecule has 0 unspecified atom stereocenters. The van der Waals surface area contributed by atoms with Gasteiger partial charge in [0.05, 0.1) is 12.6 Å². The first-order chi connectivity index (χ1) is 6.90. The van der Waals surface area contributed by atoms with Gasteiger partial charge in [-0.2, -0.15) is 0 Å². The zero-order chi connectivity index (χ0) is 9.54. The lowest BCUT2D eigenvalue weighted by atomic mass is 10.2. The van der Waals surface area contributed by atoms with Crippen LogP contribution in [0.25, 0.3) is 10.9 Å². The maximum atomic E-state index is 5.39. The molecule has 0 saturated heterocycles. The van der Waals surface area contributed by atoms with E-state index in [9.17, 15) is 0 Å². The molecule has 2 heteroatoms. The van der Waals surface area contributed by atoms with E-state index >= 15 is 0 Å². The van der Waals surface area contributed by atoms with Crippen LogP contribution in [0.3, 0.4) is 0 Å². The molecule has 72 valence electrons. The second kappa shape index (κ2) is 2.77. The Morgan fingerprint density at radius 3 is 2.79 bits per heavy atom.